The molecule has 0 saturated carbocycles. The maximum Gasteiger partial charge on any atom is 0.261 e. The maximum atomic E-state index is 12.1. The second kappa shape index (κ2) is 8.27. The third-order valence-electron chi connectivity index (χ3n) is 2.88. The molecule has 0 radical (unpaired) electrons. The van der Waals surface area contributed by atoms with Crippen molar-refractivity contribution in [2.75, 3.05) is 13.2 Å². The lowest BCUT2D eigenvalue weighted by atomic mass is 10.1. The molecule has 0 aliphatic heterocycles. The van der Waals surface area contributed by atoms with Gasteiger partial charge in [0.1, 0.15) is 5.75 Å². The van der Waals surface area contributed by atoms with Gasteiger partial charge in [-0.3, -0.25) is 4.79 Å². The molecule has 1 amide bonds. The number of hydrogen-bond donors (Lipinski definition) is 2. The first-order valence-electron chi connectivity index (χ1n) is 6.74. The molecule has 1 aromatic carbocycles. The predicted octanol–water partition coefficient (Wildman–Crippen LogP) is 2.60. The minimum atomic E-state index is -0.540. The molecular weight excluding hydrogens is 322 g/mol. The highest BCUT2D eigenvalue weighted by Gasteiger charge is 2.24. The van der Waals surface area contributed by atoms with E-state index in [1.165, 1.54) is 0 Å². The molecule has 0 spiro atoms. The summed E-state index contributed by atoms with van der Waals surface area (Å²) in [6, 6.07) is 7.39. The number of carbonyl (C=O) groups excluding carboxylic acids is 1. The van der Waals surface area contributed by atoms with Gasteiger partial charge in [-0.25, -0.2) is 0 Å². The van der Waals surface area contributed by atoms with Crippen molar-refractivity contribution < 1.29 is 14.6 Å². The number of aliphatic hydroxyl groups is 1. The first kappa shape index (κ1) is 17.0. The zero-order valence-corrected chi connectivity index (χ0v) is 13.7. The Morgan fingerprint density at radius 3 is 2.40 bits per heavy atom. The number of halogens is 1. The highest BCUT2D eigenvalue weighted by atomic mass is 79.9. The molecular formula is C15H22BrNO3. The van der Waals surface area contributed by atoms with Gasteiger partial charge in [-0.05, 0) is 36.1 Å². The molecule has 2 atom stereocenters. The molecule has 2 N–H and O–H groups in total. The summed E-state index contributed by atoms with van der Waals surface area (Å²) in [6.07, 6.45) is -0.540. The number of aliphatic hydroxyl groups excluding tert-OH is 1. The minimum Gasteiger partial charge on any atom is -0.480 e. The van der Waals surface area contributed by atoms with Crippen LogP contribution in [0.15, 0.2) is 28.7 Å². The Labute approximate surface area is 128 Å². The van der Waals surface area contributed by atoms with E-state index < -0.39 is 6.10 Å². The van der Waals surface area contributed by atoms with E-state index in [1.807, 2.05) is 45.0 Å². The Morgan fingerprint density at radius 2 is 1.90 bits per heavy atom. The smallest absolute Gasteiger partial charge is 0.261 e. The van der Waals surface area contributed by atoms with Crippen molar-refractivity contribution in [1.82, 2.24) is 5.32 Å². The van der Waals surface area contributed by atoms with Crippen molar-refractivity contribution in [3.05, 3.63) is 28.7 Å². The van der Waals surface area contributed by atoms with E-state index in [2.05, 4.69) is 21.2 Å². The molecule has 1 aromatic rings. The van der Waals surface area contributed by atoms with Crippen LogP contribution in [-0.2, 0) is 4.79 Å². The van der Waals surface area contributed by atoms with Gasteiger partial charge in [0.25, 0.3) is 5.91 Å². The lowest BCUT2D eigenvalue weighted by molar-refractivity contribution is -0.130. The zero-order valence-electron chi connectivity index (χ0n) is 12.1. The number of benzene rings is 1. The van der Waals surface area contributed by atoms with Crippen LogP contribution in [-0.4, -0.2) is 30.3 Å². The highest BCUT2D eigenvalue weighted by molar-refractivity contribution is 9.10. The number of carbonyl (C=O) groups is 1. The van der Waals surface area contributed by atoms with Crippen molar-refractivity contribution in [2.45, 2.75) is 26.9 Å². The standard InChI is InChI=1S/C15H22BrNO3/c1-10(2)14(15(19)17-8-11(3)9-18)20-13-6-4-12(16)5-7-13/h4-7,10-11,14,18H,8-9H2,1-3H3,(H,17,19). The maximum absolute atomic E-state index is 12.1. The number of hydrogen-bond acceptors (Lipinski definition) is 3. The predicted molar refractivity (Wildman–Crippen MR) is 82.7 cm³/mol. The lowest BCUT2D eigenvalue weighted by Gasteiger charge is -2.22. The van der Waals surface area contributed by atoms with Crippen LogP contribution >= 0.6 is 15.9 Å². The Morgan fingerprint density at radius 1 is 1.30 bits per heavy atom. The van der Waals surface area contributed by atoms with Crippen LogP contribution in [0.3, 0.4) is 0 Å². The van der Waals surface area contributed by atoms with Crippen molar-refractivity contribution in [1.29, 1.82) is 0 Å². The third-order valence-corrected chi connectivity index (χ3v) is 3.41. The van der Waals surface area contributed by atoms with Gasteiger partial charge in [0.15, 0.2) is 6.10 Å². The van der Waals surface area contributed by atoms with Crippen LogP contribution in [0.5, 0.6) is 5.75 Å². The fourth-order valence-electron chi connectivity index (χ4n) is 1.59. The molecule has 4 nitrogen and oxygen atoms in total. The van der Waals surface area contributed by atoms with E-state index in [-0.39, 0.29) is 24.3 Å². The summed E-state index contributed by atoms with van der Waals surface area (Å²) in [5, 5.41) is 11.8. The van der Waals surface area contributed by atoms with Gasteiger partial charge >= 0.3 is 0 Å². The molecule has 0 fully saturated rings. The quantitative estimate of drug-likeness (QED) is 0.799. The molecule has 0 saturated heterocycles. The number of amides is 1. The Balaban J connectivity index is 2.64. The molecule has 0 aromatic heterocycles. The molecule has 2 unspecified atom stereocenters. The lowest BCUT2D eigenvalue weighted by Crippen LogP contribution is -2.43. The van der Waals surface area contributed by atoms with Crippen molar-refractivity contribution in [3.8, 4) is 5.75 Å². The van der Waals surface area contributed by atoms with Gasteiger partial charge in [0.2, 0.25) is 0 Å². The number of nitrogens with one attached hydrogen (secondary N) is 1. The summed E-state index contributed by atoms with van der Waals surface area (Å²) in [6.45, 7) is 6.26. The summed E-state index contributed by atoms with van der Waals surface area (Å²) in [5.41, 5.74) is 0. The second-order valence-electron chi connectivity index (χ2n) is 5.27. The average Bonchev–Trinajstić information content (AvgIpc) is 2.43. The monoisotopic (exact) mass is 343 g/mol. The topological polar surface area (TPSA) is 58.6 Å². The fraction of sp³-hybridized carbons (Fsp3) is 0.533. The van der Waals surface area contributed by atoms with Gasteiger partial charge in [0.05, 0.1) is 0 Å². The van der Waals surface area contributed by atoms with Gasteiger partial charge in [-0.2, -0.15) is 0 Å². The fourth-order valence-corrected chi connectivity index (χ4v) is 1.86. The Hall–Kier alpha value is -1.07. The van der Waals surface area contributed by atoms with E-state index >= 15 is 0 Å². The zero-order chi connectivity index (χ0) is 15.1. The van der Waals surface area contributed by atoms with E-state index in [4.69, 9.17) is 9.84 Å². The highest BCUT2D eigenvalue weighted by Crippen LogP contribution is 2.19. The SMILES string of the molecule is CC(CO)CNC(=O)C(Oc1ccc(Br)cc1)C(C)C. The molecule has 5 heteroatoms. The Kier molecular flexibility index (Phi) is 7.02. The van der Waals surface area contributed by atoms with Gasteiger partial charge in [0, 0.05) is 17.6 Å². The summed E-state index contributed by atoms with van der Waals surface area (Å²) < 4.78 is 6.73. The van der Waals surface area contributed by atoms with E-state index in [1.54, 1.807) is 0 Å². The molecule has 20 heavy (non-hydrogen) atoms. The molecule has 0 bridgehead atoms. The van der Waals surface area contributed by atoms with Gasteiger partial charge in [-0.15, -0.1) is 0 Å². The third kappa shape index (κ3) is 5.51. The van der Waals surface area contributed by atoms with Crippen LogP contribution in [0.25, 0.3) is 0 Å². The molecule has 0 heterocycles. The Bertz CT molecular complexity index is 420. The van der Waals surface area contributed by atoms with Gasteiger partial charge in [-0.1, -0.05) is 36.7 Å². The average molecular weight is 344 g/mol. The summed E-state index contributed by atoms with van der Waals surface area (Å²) in [5.74, 6) is 0.614. The summed E-state index contributed by atoms with van der Waals surface area (Å²) >= 11 is 3.36. The largest absolute Gasteiger partial charge is 0.480 e. The van der Waals surface area contributed by atoms with Crippen molar-refractivity contribution in [3.63, 3.8) is 0 Å². The van der Waals surface area contributed by atoms with Crippen LogP contribution in [0.2, 0.25) is 0 Å². The van der Waals surface area contributed by atoms with Crippen molar-refractivity contribution >= 4 is 21.8 Å². The molecule has 0 aliphatic carbocycles. The second-order valence-corrected chi connectivity index (χ2v) is 6.18. The van der Waals surface area contributed by atoms with Gasteiger partial charge < -0.3 is 15.2 Å². The number of rotatable bonds is 7. The molecule has 1 rings (SSSR count). The van der Waals surface area contributed by atoms with E-state index in [9.17, 15) is 4.79 Å². The van der Waals surface area contributed by atoms with Crippen LogP contribution < -0.4 is 10.1 Å². The van der Waals surface area contributed by atoms with Crippen LogP contribution in [0.1, 0.15) is 20.8 Å². The van der Waals surface area contributed by atoms with Crippen molar-refractivity contribution in [2.24, 2.45) is 11.8 Å². The summed E-state index contributed by atoms with van der Waals surface area (Å²) in [7, 11) is 0. The van der Waals surface area contributed by atoms with Crippen LogP contribution in [0.4, 0.5) is 0 Å². The normalized spacial score (nSPS) is 13.9. The summed E-state index contributed by atoms with van der Waals surface area (Å²) in [4.78, 5) is 12.1. The molecule has 112 valence electrons. The van der Waals surface area contributed by atoms with E-state index in [0.29, 0.717) is 12.3 Å². The molecule has 0 aliphatic rings. The van der Waals surface area contributed by atoms with Crippen LogP contribution in [0, 0.1) is 11.8 Å². The first-order chi connectivity index (χ1) is 9.43. The van der Waals surface area contributed by atoms with E-state index in [0.717, 1.165) is 4.47 Å². The minimum absolute atomic E-state index is 0.0412. The first-order valence-corrected chi connectivity index (χ1v) is 7.54. The number of ether oxygens (including phenoxy) is 1.